The number of carbonyl (C=O) groups excluding carboxylic acids is 1. The van der Waals surface area contributed by atoms with Crippen LogP contribution in [0, 0.1) is 17.8 Å². The van der Waals surface area contributed by atoms with E-state index in [-0.39, 0.29) is 17.9 Å². The van der Waals surface area contributed by atoms with E-state index in [1.165, 1.54) is 12.8 Å². The normalized spacial score (nSPS) is 31.2. The molecule has 3 fully saturated rings. The minimum Gasteiger partial charge on any atom is -0.352 e. The highest BCUT2D eigenvalue weighted by molar-refractivity contribution is 5.87. The molecule has 2 aromatic rings. The Morgan fingerprint density at radius 3 is 2.65 bits per heavy atom. The lowest BCUT2D eigenvalue weighted by Gasteiger charge is -2.39. The summed E-state index contributed by atoms with van der Waals surface area (Å²) in [5.41, 5.74) is 7.21. The maximum absolute atomic E-state index is 13.0. The fraction of sp³-hybridized carbons (Fsp3) is 0.667. The van der Waals surface area contributed by atoms with E-state index in [1.807, 2.05) is 18.1 Å². The zero-order chi connectivity index (χ0) is 17.8. The Labute approximate surface area is 152 Å². The zero-order valence-corrected chi connectivity index (χ0v) is 15.1. The first-order valence-corrected chi connectivity index (χ1v) is 9.55. The van der Waals surface area contributed by atoms with Crippen molar-refractivity contribution in [2.45, 2.75) is 25.3 Å². The molecule has 2 saturated carbocycles. The molecule has 4 unspecified atom stereocenters. The van der Waals surface area contributed by atoms with Gasteiger partial charge in [0, 0.05) is 39.3 Å². The standard InChI is InChI=1S/C18H25N7O/c1-23-16-13(9-22-23)17(21-10-20-16)24-4-6-25(7-5-24)18(26)14-11-2-3-12(8-11)15(14)19/h9-12,14-15H,2-8,19H2,1H3. The first-order valence-electron chi connectivity index (χ1n) is 9.55. The molecule has 4 atom stereocenters. The number of nitrogens with two attached hydrogens (primary N) is 1. The molecule has 0 aromatic carbocycles. The van der Waals surface area contributed by atoms with E-state index in [0.29, 0.717) is 11.8 Å². The number of fused-ring (bicyclic) bond motifs is 3. The number of carbonyl (C=O) groups is 1. The number of hydrogen-bond donors (Lipinski definition) is 1. The molecule has 2 aliphatic carbocycles. The quantitative estimate of drug-likeness (QED) is 0.837. The molecule has 26 heavy (non-hydrogen) atoms. The van der Waals surface area contributed by atoms with E-state index >= 15 is 0 Å². The van der Waals surface area contributed by atoms with Crippen LogP contribution in [0.3, 0.4) is 0 Å². The Bertz CT molecular complexity index is 839. The lowest BCUT2D eigenvalue weighted by atomic mass is 9.84. The Hall–Kier alpha value is -2.22. The first kappa shape index (κ1) is 16.0. The summed E-state index contributed by atoms with van der Waals surface area (Å²) in [5.74, 6) is 2.31. The predicted octanol–water partition coefficient (Wildman–Crippen LogP) is 0.385. The Morgan fingerprint density at radius 1 is 1.15 bits per heavy atom. The van der Waals surface area contributed by atoms with Crippen molar-refractivity contribution in [1.82, 2.24) is 24.6 Å². The van der Waals surface area contributed by atoms with Gasteiger partial charge in [0.05, 0.1) is 17.5 Å². The molecule has 2 aromatic heterocycles. The third-order valence-corrected chi connectivity index (χ3v) is 6.67. The van der Waals surface area contributed by atoms with Gasteiger partial charge >= 0.3 is 0 Å². The monoisotopic (exact) mass is 355 g/mol. The van der Waals surface area contributed by atoms with Crippen LogP contribution in [0.5, 0.6) is 0 Å². The van der Waals surface area contributed by atoms with Crippen molar-refractivity contribution in [1.29, 1.82) is 0 Å². The van der Waals surface area contributed by atoms with Crippen LogP contribution in [-0.4, -0.2) is 62.8 Å². The highest BCUT2D eigenvalue weighted by Crippen LogP contribution is 2.48. The van der Waals surface area contributed by atoms with Crippen LogP contribution in [0.25, 0.3) is 11.0 Å². The second-order valence-corrected chi connectivity index (χ2v) is 7.95. The number of piperazine rings is 1. The molecule has 1 amide bonds. The molecule has 1 saturated heterocycles. The molecule has 2 N–H and O–H groups in total. The molecule has 0 spiro atoms. The zero-order valence-electron chi connectivity index (χ0n) is 15.1. The van der Waals surface area contributed by atoms with Gasteiger partial charge in [-0.05, 0) is 31.1 Å². The molecule has 2 bridgehead atoms. The van der Waals surface area contributed by atoms with Crippen molar-refractivity contribution >= 4 is 22.8 Å². The van der Waals surface area contributed by atoms with E-state index < -0.39 is 0 Å². The van der Waals surface area contributed by atoms with Crippen molar-refractivity contribution < 1.29 is 4.79 Å². The third-order valence-electron chi connectivity index (χ3n) is 6.67. The van der Waals surface area contributed by atoms with Gasteiger partial charge in [0.25, 0.3) is 0 Å². The van der Waals surface area contributed by atoms with Crippen LogP contribution in [0.4, 0.5) is 5.82 Å². The molecular formula is C18H25N7O. The van der Waals surface area contributed by atoms with Crippen LogP contribution in [0.2, 0.25) is 0 Å². The Morgan fingerprint density at radius 2 is 1.92 bits per heavy atom. The lowest BCUT2D eigenvalue weighted by Crippen LogP contribution is -2.54. The van der Waals surface area contributed by atoms with E-state index in [0.717, 1.165) is 49.5 Å². The Balaban J connectivity index is 1.29. The lowest BCUT2D eigenvalue weighted by molar-refractivity contribution is -0.138. The average molecular weight is 355 g/mol. The number of aryl methyl sites for hydroxylation is 1. The van der Waals surface area contributed by atoms with Crippen LogP contribution in [0.15, 0.2) is 12.5 Å². The summed E-state index contributed by atoms with van der Waals surface area (Å²) in [7, 11) is 1.88. The van der Waals surface area contributed by atoms with Gasteiger partial charge in [0.1, 0.15) is 12.1 Å². The molecular weight excluding hydrogens is 330 g/mol. The first-order chi connectivity index (χ1) is 12.6. The summed E-state index contributed by atoms with van der Waals surface area (Å²) in [5, 5.41) is 5.25. The number of amides is 1. The SMILES string of the molecule is Cn1ncc2c(N3CCN(C(=O)C4C5CCC(C5)C4N)CC3)ncnc21. The van der Waals surface area contributed by atoms with Crippen LogP contribution < -0.4 is 10.6 Å². The van der Waals surface area contributed by atoms with Crippen LogP contribution in [0.1, 0.15) is 19.3 Å². The predicted molar refractivity (Wildman–Crippen MR) is 97.4 cm³/mol. The number of rotatable bonds is 2. The summed E-state index contributed by atoms with van der Waals surface area (Å²) in [6.45, 7) is 3.02. The van der Waals surface area contributed by atoms with Gasteiger partial charge < -0.3 is 15.5 Å². The maximum atomic E-state index is 13.0. The second kappa shape index (κ2) is 5.90. The van der Waals surface area contributed by atoms with Crippen molar-refractivity contribution in [2.24, 2.45) is 30.5 Å². The molecule has 5 rings (SSSR count). The fourth-order valence-electron chi connectivity index (χ4n) is 5.25. The molecule has 3 aliphatic rings. The van der Waals surface area contributed by atoms with E-state index in [1.54, 1.807) is 11.0 Å². The van der Waals surface area contributed by atoms with Gasteiger partial charge in [-0.15, -0.1) is 0 Å². The molecule has 138 valence electrons. The number of nitrogens with zero attached hydrogens (tertiary/aromatic N) is 6. The summed E-state index contributed by atoms with van der Waals surface area (Å²) in [6.07, 6.45) is 6.94. The van der Waals surface area contributed by atoms with Crippen molar-refractivity contribution in [2.75, 3.05) is 31.1 Å². The molecule has 8 heteroatoms. The van der Waals surface area contributed by atoms with Gasteiger partial charge in [-0.2, -0.15) is 5.10 Å². The molecule has 3 heterocycles. The Kier molecular flexibility index (Phi) is 3.63. The van der Waals surface area contributed by atoms with Gasteiger partial charge in [-0.1, -0.05) is 0 Å². The van der Waals surface area contributed by atoms with E-state index in [4.69, 9.17) is 5.73 Å². The summed E-state index contributed by atoms with van der Waals surface area (Å²) in [6, 6.07) is 0.0659. The summed E-state index contributed by atoms with van der Waals surface area (Å²) < 4.78 is 1.76. The molecule has 0 radical (unpaired) electrons. The van der Waals surface area contributed by atoms with Gasteiger partial charge in [-0.25, -0.2) is 9.97 Å². The van der Waals surface area contributed by atoms with Crippen molar-refractivity contribution in [3.05, 3.63) is 12.5 Å². The number of anilines is 1. The van der Waals surface area contributed by atoms with Gasteiger partial charge in [0.15, 0.2) is 5.65 Å². The largest absolute Gasteiger partial charge is 0.352 e. The molecule has 1 aliphatic heterocycles. The third kappa shape index (κ3) is 2.31. The molecule has 8 nitrogen and oxygen atoms in total. The summed E-state index contributed by atoms with van der Waals surface area (Å²) >= 11 is 0. The highest BCUT2D eigenvalue weighted by Gasteiger charge is 2.50. The van der Waals surface area contributed by atoms with Crippen LogP contribution >= 0.6 is 0 Å². The topological polar surface area (TPSA) is 93.2 Å². The second-order valence-electron chi connectivity index (χ2n) is 7.95. The number of hydrogen-bond acceptors (Lipinski definition) is 6. The average Bonchev–Trinajstić information content (AvgIpc) is 3.36. The van der Waals surface area contributed by atoms with E-state index in [9.17, 15) is 4.79 Å². The minimum atomic E-state index is 0.0457. The van der Waals surface area contributed by atoms with Crippen molar-refractivity contribution in [3.8, 4) is 0 Å². The smallest absolute Gasteiger partial charge is 0.227 e. The number of aromatic nitrogens is 4. The van der Waals surface area contributed by atoms with Gasteiger partial charge in [-0.3, -0.25) is 9.48 Å². The van der Waals surface area contributed by atoms with Crippen molar-refractivity contribution in [3.63, 3.8) is 0 Å². The minimum absolute atomic E-state index is 0.0457. The van der Waals surface area contributed by atoms with Gasteiger partial charge in [0.2, 0.25) is 5.91 Å². The van der Waals surface area contributed by atoms with E-state index in [2.05, 4.69) is 20.0 Å². The maximum Gasteiger partial charge on any atom is 0.227 e. The fourth-order valence-corrected chi connectivity index (χ4v) is 5.25. The highest BCUT2D eigenvalue weighted by atomic mass is 16.2. The van der Waals surface area contributed by atoms with Crippen LogP contribution in [-0.2, 0) is 11.8 Å². The summed E-state index contributed by atoms with van der Waals surface area (Å²) in [4.78, 5) is 26.1.